The molecule has 2 amide bonds. The predicted molar refractivity (Wildman–Crippen MR) is 98.6 cm³/mol. The van der Waals surface area contributed by atoms with Crippen molar-refractivity contribution in [1.82, 2.24) is 19.8 Å². The first kappa shape index (κ1) is 17.7. The van der Waals surface area contributed by atoms with Crippen LogP contribution in [0, 0.1) is 0 Å². The number of nitrogens with zero attached hydrogens (tertiary/aromatic N) is 3. The van der Waals surface area contributed by atoms with Gasteiger partial charge in [0.2, 0.25) is 5.91 Å². The Kier molecular flexibility index (Phi) is 4.47. The summed E-state index contributed by atoms with van der Waals surface area (Å²) in [7, 11) is 0. The third kappa shape index (κ3) is 2.92. The van der Waals surface area contributed by atoms with Gasteiger partial charge in [-0.15, -0.1) is 0 Å². The molecule has 1 fully saturated rings. The molecule has 0 unspecified atom stereocenters. The first-order valence-electron chi connectivity index (χ1n) is 9.36. The number of H-pyrrole nitrogens is 1. The highest BCUT2D eigenvalue weighted by molar-refractivity contribution is 5.82. The van der Waals surface area contributed by atoms with Crippen molar-refractivity contribution in [1.29, 1.82) is 0 Å². The Morgan fingerprint density at radius 2 is 1.89 bits per heavy atom. The van der Waals surface area contributed by atoms with Crippen LogP contribution in [0.15, 0.2) is 36.7 Å². The second-order valence-corrected chi connectivity index (χ2v) is 7.32. The molecule has 0 saturated carbocycles. The molecule has 1 spiro atoms. The van der Waals surface area contributed by atoms with Gasteiger partial charge in [-0.3, -0.25) is 9.59 Å². The zero-order valence-electron chi connectivity index (χ0n) is 15.4. The highest BCUT2D eigenvalue weighted by Gasteiger charge is 2.48. The van der Waals surface area contributed by atoms with E-state index in [1.54, 1.807) is 30.3 Å². The summed E-state index contributed by atoms with van der Waals surface area (Å²) in [6, 6.07) is 8.98. The molecular weight excluding hydrogens is 344 g/mol. The minimum atomic E-state index is -1.16. The van der Waals surface area contributed by atoms with E-state index in [1.165, 1.54) is 0 Å². The molecule has 3 heterocycles. The van der Waals surface area contributed by atoms with Crippen molar-refractivity contribution >= 4 is 11.8 Å². The van der Waals surface area contributed by atoms with Crippen molar-refractivity contribution in [2.45, 2.75) is 37.8 Å². The lowest BCUT2D eigenvalue weighted by atomic mass is 9.78. The summed E-state index contributed by atoms with van der Waals surface area (Å²) in [4.78, 5) is 36.3. The molecule has 1 aromatic carbocycles. The lowest BCUT2D eigenvalue weighted by molar-refractivity contribution is -0.147. The molecule has 1 saturated heterocycles. The van der Waals surface area contributed by atoms with Gasteiger partial charge in [-0.1, -0.05) is 30.3 Å². The third-order valence-corrected chi connectivity index (χ3v) is 5.89. The number of aromatic amines is 1. The number of carbonyl (C=O) groups excluding carboxylic acids is 2. The van der Waals surface area contributed by atoms with E-state index in [9.17, 15) is 14.7 Å². The number of benzene rings is 1. The monoisotopic (exact) mass is 368 g/mol. The van der Waals surface area contributed by atoms with E-state index in [4.69, 9.17) is 0 Å². The normalized spacial score (nSPS) is 19.6. The van der Waals surface area contributed by atoms with Gasteiger partial charge in [0.25, 0.3) is 5.91 Å². The topological polar surface area (TPSA) is 89.5 Å². The van der Waals surface area contributed by atoms with E-state index in [0.717, 1.165) is 17.8 Å². The Balaban J connectivity index is 1.54. The number of hydrogen-bond donors (Lipinski definition) is 2. The standard InChI is InChI=1S/C20H24N4O3/c1-14(25)24-10-7-16-18(22-13-21-16)20(24)8-11-23(12-9-20)19(27)17(26)15-5-3-2-4-6-15/h2-6,13,17,26H,7-12H2,1H3,(H,21,22)/t17-/m0/s1. The number of nitrogens with one attached hydrogen (secondary N) is 1. The number of likely N-dealkylation sites (tertiary alicyclic amines) is 1. The highest BCUT2D eigenvalue weighted by Crippen LogP contribution is 2.42. The number of aromatic nitrogens is 2. The van der Waals surface area contributed by atoms with Crippen molar-refractivity contribution in [2.75, 3.05) is 19.6 Å². The van der Waals surface area contributed by atoms with E-state index in [1.807, 2.05) is 23.1 Å². The zero-order valence-corrected chi connectivity index (χ0v) is 15.4. The molecule has 2 N–H and O–H groups in total. The quantitative estimate of drug-likeness (QED) is 0.838. The summed E-state index contributed by atoms with van der Waals surface area (Å²) in [6.45, 7) is 3.22. The molecule has 7 heteroatoms. The van der Waals surface area contributed by atoms with Gasteiger partial charge in [-0.25, -0.2) is 4.98 Å². The second-order valence-electron chi connectivity index (χ2n) is 7.32. The molecule has 1 aromatic heterocycles. The van der Waals surface area contributed by atoms with Crippen LogP contribution in [0.1, 0.15) is 42.8 Å². The van der Waals surface area contributed by atoms with Crippen molar-refractivity contribution in [3.05, 3.63) is 53.6 Å². The molecule has 2 aromatic rings. The number of carbonyl (C=O) groups is 2. The van der Waals surface area contributed by atoms with Gasteiger partial charge in [0.15, 0.2) is 6.10 Å². The maximum Gasteiger partial charge on any atom is 0.256 e. The molecular formula is C20H24N4O3. The summed E-state index contributed by atoms with van der Waals surface area (Å²) < 4.78 is 0. The Bertz CT molecular complexity index is 840. The van der Waals surface area contributed by atoms with Gasteiger partial charge < -0.3 is 19.9 Å². The molecule has 4 rings (SSSR count). The average molecular weight is 368 g/mol. The van der Waals surface area contributed by atoms with E-state index in [-0.39, 0.29) is 11.8 Å². The van der Waals surface area contributed by atoms with Crippen LogP contribution in [0.2, 0.25) is 0 Å². The van der Waals surface area contributed by atoms with Crippen LogP contribution >= 0.6 is 0 Å². The van der Waals surface area contributed by atoms with Gasteiger partial charge in [-0.2, -0.15) is 0 Å². The highest BCUT2D eigenvalue weighted by atomic mass is 16.3. The Hall–Kier alpha value is -2.67. The predicted octanol–water partition coefficient (Wildman–Crippen LogP) is 1.37. The minimum absolute atomic E-state index is 0.0350. The molecule has 142 valence electrons. The Labute approximate surface area is 158 Å². The van der Waals surface area contributed by atoms with E-state index in [2.05, 4.69) is 9.97 Å². The number of fused-ring (bicyclic) bond motifs is 2. The second kappa shape index (κ2) is 6.81. The first-order chi connectivity index (χ1) is 13.0. The van der Waals surface area contributed by atoms with Gasteiger partial charge in [-0.05, 0) is 18.4 Å². The fourth-order valence-corrected chi connectivity index (χ4v) is 4.49. The van der Waals surface area contributed by atoms with Crippen LogP contribution in [-0.2, 0) is 21.5 Å². The summed E-state index contributed by atoms with van der Waals surface area (Å²) in [6.07, 6.45) is 2.55. The van der Waals surface area contributed by atoms with Crippen molar-refractivity contribution in [3.8, 4) is 0 Å². The van der Waals surface area contributed by atoms with Crippen LogP contribution in [0.3, 0.4) is 0 Å². The van der Waals surface area contributed by atoms with Crippen LogP contribution in [0.25, 0.3) is 0 Å². The zero-order chi connectivity index (χ0) is 19.0. The molecule has 27 heavy (non-hydrogen) atoms. The maximum absolute atomic E-state index is 12.8. The molecule has 1 atom stereocenters. The number of imidazole rings is 1. The van der Waals surface area contributed by atoms with Gasteiger partial charge in [0.05, 0.1) is 17.6 Å². The number of amides is 2. The molecule has 2 aliphatic rings. The number of aliphatic hydroxyl groups excluding tert-OH is 1. The van der Waals surface area contributed by atoms with E-state index in [0.29, 0.717) is 38.0 Å². The molecule has 0 bridgehead atoms. The molecule has 0 radical (unpaired) electrons. The molecule has 0 aliphatic carbocycles. The van der Waals surface area contributed by atoms with E-state index < -0.39 is 11.6 Å². The summed E-state index contributed by atoms with van der Waals surface area (Å²) >= 11 is 0. The van der Waals surface area contributed by atoms with Crippen molar-refractivity contribution < 1.29 is 14.7 Å². The van der Waals surface area contributed by atoms with E-state index >= 15 is 0 Å². The molecule has 2 aliphatic heterocycles. The maximum atomic E-state index is 12.8. The fourth-order valence-electron chi connectivity index (χ4n) is 4.49. The number of rotatable bonds is 2. The Morgan fingerprint density at radius 1 is 1.19 bits per heavy atom. The summed E-state index contributed by atoms with van der Waals surface area (Å²) in [5.41, 5.74) is 2.14. The fraction of sp³-hybridized carbons (Fsp3) is 0.450. The van der Waals surface area contributed by atoms with Gasteiger partial charge in [0.1, 0.15) is 0 Å². The van der Waals surface area contributed by atoms with Crippen LogP contribution in [0.5, 0.6) is 0 Å². The van der Waals surface area contributed by atoms with Crippen molar-refractivity contribution in [2.24, 2.45) is 0 Å². The number of aliphatic hydroxyl groups is 1. The Morgan fingerprint density at radius 3 is 2.56 bits per heavy atom. The smallest absolute Gasteiger partial charge is 0.256 e. The van der Waals surface area contributed by atoms with Gasteiger partial charge in [0, 0.05) is 38.7 Å². The minimum Gasteiger partial charge on any atom is -0.378 e. The lowest BCUT2D eigenvalue weighted by Crippen LogP contribution is -2.58. The van der Waals surface area contributed by atoms with Gasteiger partial charge >= 0.3 is 0 Å². The lowest BCUT2D eigenvalue weighted by Gasteiger charge is -2.50. The first-order valence-corrected chi connectivity index (χ1v) is 9.36. The number of hydrogen-bond acceptors (Lipinski definition) is 4. The summed E-state index contributed by atoms with van der Waals surface area (Å²) in [5, 5.41) is 10.4. The van der Waals surface area contributed by atoms with Crippen LogP contribution in [-0.4, -0.2) is 56.3 Å². The van der Waals surface area contributed by atoms with Crippen LogP contribution in [0.4, 0.5) is 0 Å². The molecule has 7 nitrogen and oxygen atoms in total. The average Bonchev–Trinajstić information content (AvgIpc) is 3.18. The largest absolute Gasteiger partial charge is 0.378 e. The third-order valence-electron chi connectivity index (χ3n) is 5.89. The van der Waals surface area contributed by atoms with Crippen molar-refractivity contribution in [3.63, 3.8) is 0 Å². The SMILES string of the molecule is CC(=O)N1CCc2[nH]cnc2C12CCN(C(=O)[C@@H](O)c1ccccc1)CC2. The van der Waals surface area contributed by atoms with Crippen LogP contribution < -0.4 is 0 Å². The summed E-state index contributed by atoms with van der Waals surface area (Å²) in [5.74, 6) is -0.253. The number of piperidine rings is 1.